The molecule has 122 valence electrons. The molecule has 0 saturated carbocycles. The lowest BCUT2D eigenvalue weighted by Gasteiger charge is -2.10. The first-order chi connectivity index (χ1) is 11.6. The van der Waals surface area contributed by atoms with Crippen LogP contribution in [-0.4, -0.2) is 15.7 Å². The van der Waals surface area contributed by atoms with Crippen LogP contribution in [0.3, 0.4) is 0 Å². The Bertz CT molecular complexity index is 937. The standard InChI is InChI=1S/C18H16FN3O2/c19-15-7-3-1-5-13(15)11-20-18(24)9-10-22-16-8-4-2-6-14(16)17(23)12-21-22/h1-8,12H,9-11H2,(H,20,24). The topological polar surface area (TPSA) is 64.0 Å². The second-order valence-corrected chi connectivity index (χ2v) is 5.37. The molecule has 2 aromatic carbocycles. The molecule has 0 spiro atoms. The lowest BCUT2D eigenvalue weighted by molar-refractivity contribution is -0.121. The van der Waals surface area contributed by atoms with Gasteiger partial charge in [0.05, 0.1) is 18.3 Å². The van der Waals surface area contributed by atoms with Crippen molar-refractivity contribution in [2.24, 2.45) is 0 Å². The molecule has 3 rings (SSSR count). The molecule has 0 saturated heterocycles. The third kappa shape index (κ3) is 3.48. The Morgan fingerprint density at radius 1 is 1.12 bits per heavy atom. The molecule has 1 aromatic heterocycles. The van der Waals surface area contributed by atoms with Crippen LogP contribution in [0.1, 0.15) is 12.0 Å². The van der Waals surface area contributed by atoms with E-state index in [0.717, 1.165) is 0 Å². The molecule has 0 bridgehead atoms. The Balaban J connectivity index is 1.64. The van der Waals surface area contributed by atoms with Crippen LogP contribution in [0.5, 0.6) is 0 Å². The Hall–Kier alpha value is -3.02. The smallest absolute Gasteiger partial charge is 0.222 e. The highest BCUT2D eigenvalue weighted by atomic mass is 19.1. The third-order valence-electron chi connectivity index (χ3n) is 3.75. The summed E-state index contributed by atoms with van der Waals surface area (Å²) in [4.78, 5) is 23.7. The van der Waals surface area contributed by atoms with Gasteiger partial charge in [0.2, 0.25) is 11.3 Å². The average molecular weight is 325 g/mol. The molecule has 0 radical (unpaired) electrons. The second-order valence-electron chi connectivity index (χ2n) is 5.37. The van der Waals surface area contributed by atoms with Crippen molar-refractivity contribution in [1.29, 1.82) is 0 Å². The van der Waals surface area contributed by atoms with Gasteiger partial charge in [-0.1, -0.05) is 30.3 Å². The molecule has 0 unspecified atom stereocenters. The molecule has 0 atom stereocenters. The van der Waals surface area contributed by atoms with Gasteiger partial charge in [-0.3, -0.25) is 14.3 Å². The number of nitrogens with one attached hydrogen (secondary N) is 1. The van der Waals surface area contributed by atoms with E-state index < -0.39 is 0 Å². The molecule has 0 fully saturated rings. The van der Waals surface area contributed by atoms with Crippen molar-refractivity contribution in [2.75, 3.05) is 0 Å². The van der Waals surface area contributed by atoms with Gasteiger partial charge < -0.3 is 5.32 Å². The lowest BCUT2D eigenvalue weighted by Crippen LogP contribution is -2.25. The van der Waals surface area contributed by atoms with Gasteiger partial charge in [0.25, 0.3) is 0 Å². The van der Waals surface area contributed by atoms with E-state index in [9.17, 15) is 14.0 Å². The van der Waals surface area contributed by atoms with Crippen LogP contribution in [-0.2, 0) is 17.9 Å². The molecule has 24 heavy (non-hydrogen) atoms. The van der Waals surface area contributed by atoms with Crippen LogP contribution in [0.4, 0.5) is 4.39 Å². The minimum absolute atomic E-state index is 0.143. The van der Waals surface area contributed by atoms with Crippen LogP contribution in [0.2, 0.25) is 0 Å². The molecule has 1 N–H and O–H groups in total. The molecular formula is C18H16FN3O2. The van der Waals surface area contributed by atoms with Crippen molar-refractivity contribution in [3.8, 4) is 0 Å². The number of amides is 1. The highest BCUT2D eigenvalue weighted by Gasteiger charge is 2.07. The number of aromatic nitrogens is 2. The monoisotopic (exact) mass is 325 g/mol. The molecule has 5 nitrogen and oxygen atoms in total. The zero-order valence-corrected chi connectivity index (χ0v) is 12.9. The van der Waals surface area contributed by atoms with Crippen molar-refractivity contribution in [3.05, 3.63) is 76.3 Å². The summed E-state index contributed by atoms with van der Waals surface area (Å²) in [5.74, 6) is -0.547. The second kappa shape index (κ2) is 7.04. The Morgan fingerprint density at radius 2 is 1.88 bits per heavy atom. The Kier molecular flexibility index (Phi) is 4.65. The van der Waals surface area contributed by atoms with E-state index in [1.54, 1.807) is 41.1 Å². The zero-order chi connectivity index (χ0) is 16.9. The maximum absolute atomic E-state index is 13.5. The summed E-state index contributed by atoms with van der Waals surface area (Å²) in [7, 11) is 0. The molecule has 3 aromatic rings. The summed E-state index contributed by atoms with van der Waals surface area (Å²) in [6.45, 7) is 0.480. The predicted octanol–water partition coefficient (Wildman–Crippen LogP) is 2.24. The molecule has 0 aliphatic carbocycles. The van der Waals surface area contributed by atoms with Crippen LogP contribution < -0.4 is 10.7 Å². The number of carbonyl (C=O) groups excluding carboxylic acids is 1. The lowest BCUT2D eigenvalue weighted by atomic mass is 10.2. The van der Waals surface area contributed by atoms with Crippen LogP contribution in [0, 0.1) is 5.82 Å². The summed E-state index contributed by atoms with van der Waals surface area (Å²) < 4.78 is 15.1. The maximum atomic E-state index is 13.5. The van der Waals surface area contributed by atoms with Gasteiger partial charge in [-0.2, -0.15) is 5.10 Å². The normalized spacial score (nSPS) is 10.7. The number of fused-ring (bicyclic) bond motifs is 1. The van der Waals surface area contributed by atoms with Gasteiger partial charge >= 0.3 is 0 Å². The van der Waals surface area contributed by atoms with Crippen molar-refractivity contribution in [1.82, 2.24) is 15.1 Å². The summed E-state index contributed by atoms with van der Waals surface area (Å²) >= 11 is 0. The average Bonchev–Trinajstić information content (AvgIpc) is 2.61. The fourth-order valence-electron chi connectivity index (χ4n) is 2.47. The number of carbonyl (C=O) groups is 1. The molecule has 0 aliphatic heterocycles. The summed E-state index contributed by atoms with van der Waals surface area (Å²) in [5.41, 5.74) is 0.982. The zero-order valence-electron chi connectivity index (χ0n) is 12.9. The van der Waals surface area contributed by atoms with Crippen molar-refractivity contribution in [3.63, 3.8) is 0 Å². The first-order valence-electron chi connectivity index (χ1n) is 7.60. The summed E-state index contributed by atoms with van der Waals surface area (Å²) in [5, 5.41) is 7.33. The van der Waals surface area contributed by atoms with Gasteiger partial charge in [0.1, 0.15) is 5.82 Å². The van der Waals surface area contributed by atoms with E-state index in [4.69, 9.17) is 0 Å². The number of benzene rings is 2. The number of rotatable bonds is 5. The first kappa shape index (κ1) is 15.9. The Labute approximate surface area is 137 Å². The van der Waals surface area contributed by atoms with Crippen molar-refractivity contribution < 1.29 is 9.18 Å². The fourth-order valence-corrected chi connectivity index (χ4v) is 2.47. The minimum atomic E-state index is -0.342. The number of hydrogen-bond donors (Lipinski definition) is 1. The molecule has 1 heterocycles. The molecule has 1 amide bonds. The van der Waals surface area contributed by atoms with Crippen LogP contribution in [0.25, 0.3) is 10.9 Å². The predicted molar refractivity (Wildman–Crippen MR) is 88.9 cm³/mol. The highest BCUT2D eigenvalue weighted by Crippen LogP contribution is 2.09. The fraction of sp³-hybridized carbons (Fsp3) is 0.167. The number of nitrogens with zero attached hydrogens (tertiary/aromatic N) is 2. The van der Waals surface area contributed by atoms with Crippen molar-refractivity contribution in [2.45, 2.75) is 19.5 Å². The van der Waals surface area contributed by atoms with Gasteiger partial charge in [-0.15, -0.1) is 0 Å². The number of halogens is 1. The number of para-hydroxylation sites is 1. The van der Waals surface area contributed by atoms with E-state index in [1.807, 2.05) is 6.07 Å². The van der Waals surface area contributed by atoms with Crippen molar-refractivity contribution >= 4 is 16.8 Å². The molecular weight excluding hydrogens is 309 g/mol. The van der Waals surface area contributed by atoms with E-state index in [0.29, 0.717) is 23.0 Å². The van der Waals surface area contributed by atoms with Gasteiger partial charge in [0.15, 0.2) is 0 Å². The quantitative estimate of drug-likeness (QED) is 0.782. The van der Waals surface area contributed by atoms with E-state index in [-0.39, 0.29) is 30.1 Å². The SMILES string of the molecule is O=C(CCn1ncc(=O)c2ccccc21)NCc1ccccc1F. The van der Waals surface area contributed by atoms with Crippen LogP contribution in [0.15, 0.2) is 59.5 Å². The van der Waals surface area contributed by atoms with Gasteiger partial charge in [-0.05, 0) is 18.2 Å². The summed E-state index contributed by atoms with van der Waals surface area (Å²) in [6.07, 6.45) is 1.44. The molecule has 0 aliphatic rings. The Morgan fingerprint density at radius 3 is 2.71 bits per heavy atom. The summed E-state index contributed by atoms with van der Waals surface area (Å²) in [6, 6.07) is 13.4. The van der Waals surface area contributed by atoms with E-state index >= 15 is 0 Å². The van der Waals surface area contributed by atoms with E-state index in [2.05, 4.69) is 10.4 Å². The maximum Gasteiger partial charge on any atom is 0.222 e. The molecule has 6 heteroatoms. The minimum Gasteiger partial charge on any atom is -0.352 e. The third-order valence-corrected chi connectivity index (χ3v) is 3.75. The number of hydrogen-bond acceptors (Lipinski definition) is 3. The first-order valence-corrected chi connectivity index (χ1v) is 7.60. The van der Waals surface area contributed by atoms with Crippen LogP contribution >= 0.6 is 0 Å². The number of aryl methyl sites for hydroxylation is 1. The van der Waals surface area contributed by atoms with E-state index in [1.165, 1.54) is 12.3 Å². The largest absolute Gasteiger partial charge is 0.352 e. The highest BCUT2D eigenvalue weighted by molar-refractivity contribution is 5.79. The van der Waals surface area contributed by atoms with Gasteiger partial charge in [-0.25, -0.2) is 4.39 Å². The van der Waals surface area contributed by atoms with Gasteiger partial charge in [0, 0.05) is 23.9 Å².